The van der Waals surface area contributed by atoms with Crippen molar-refractivity contribution in [3.05, 3.63) is 102 Å². The van der Waals surface area contributed by atoms with E-state index >= 15 is 0 Å². The summed E-state index contributed by atoms with van der Waals surface area (Å²) in [5.74, 6) is -0.979. The molecule has 3 aromatic carbocycles. The molecule has 0 aliphatic rings. The average Bonchev–Trinajstić information content (AvgIpc) is 2.74. The second kappa shape index (κ2) is 7.45. The van der Waals surface area contributed by atoms with Crippen LogP contribution in [0.15, 0.2) is 91.0 Å². The highest BCUT2D eigenvalue weighted by Crippen LogP contribution is 2.21. The second-order valence-corrected chi connectivity index (χ2v) is 6.54. The lowest BCUT2D eigenvalue weighted by molar-refractivity contribution is -0.646. The number of aromatic carboxylic acids is 1. The standard InChI is InChI=1S/C24H17NO3/c26-23(18-8-2-1-3-9-18)16-25-21-12-5-4-7-17(21)13-14-22(25)19-10-6-11-20(15-19)24(27)28/h1-15H,16H2/p+1. The molecule has 1 aromatic heterocycles. The number of ketones is 1. The van der Waals surface area contributed by atoms with Gasteiger partial charge in [0, 0.05) is 28.6 Å². The Morgan fingerprint density at radius 1 is 0.750 bits per heavy atom. The molecule has 1 heterocycles. The number of carbonyl (C=O) groups is 2. The molecule has 4 aromatic rings. The zero-order valence-corrected chi connectivity index (χ0v) is 15.1. The van der Waals surface area contributed by atoms with Crippen LogP contribution in [0, 0.1) is 0 Å². The van der Waals surface area contributed by atoms with Crippen LogP contribution in [0.25, 0.3) is 22.2 Å². The number of benzene rings is 3. The average molecular weight is 368 g/mol. The highest BCUT2D eigenvalue weighted by Gasteiger charge is 2.22. The number of hydrogen-bond donors (Lipinski definition) is 1. The minimum absolute atomic E-state index is 0.00223. The molecule has 0 amide bonds. The van der Waals surface area contributed by atoms with Crippen molar-refractivity contribution in [3.8, 4) is 11.3 Å². The van der Waals surface area contributed by atoms with Gasteiger partial charge in [-0.05, 0) is 30.3 Å². The number of hydrogen-bond acceptors (Lipinski definition) is 2. The van der Waals surface area contributed by atoms with Gasteiger partial charge in [0.25, 0.3) is 0 Å². The van der Waals surface area contributed by atoms with Crippen molar-refractivity contribution in [1.82, 2.24) is 0 Å². The van der Waals surface area contributed by atoms with Crippen LogP contribution >= 0.6 is 0 Å². The molecule has 136 valence electrons. The summed E-state index contributed by atoms with van der Waals surface area (Å²) < 4.78 is 1.95. The molecule has 4 heteroatoms. The van der Waals surface area contributed by atoms with Crippen molar-refractivity contribution < 1.29 is 19.3 Å². The Hall–Kier alpha value is -3.79. The first-order valence-corrected chi connectivity index (χ1v) is 8.97. The summed E-state index contributed by atoms with van der Waals surface area (Å²) >= 11 is 0. The van der Waals surface area contributed by atoms with Crippen molar-refractivity contribution >= 4 is 22.7 Å². The lowest BCUT2D eigenvalue weighted by Gasteiger charge is -2.08. The first kappa shape index (κ1) is 17.6. The van der Waals surface area contributed by atoms with Crippen molar-refractivity contribution in [1.29, 1.82) is 0 Å². The molecule has 0 unspecified atom stereocenters. The smallest absolute Gasteiger partial charge is 0.335 e. The first-order chi connectivity index (χ1) is 13.6. The monoisotopic (exact) mass is 368 g/mol. The number of Topliss-reactive ketones (excluding diaryl/α,β-unsaturated/α-hetero) is 1. The molecule has 28 heavy (non-hydrogen) atoms. The summed E-state index contributed by atoms with van der Waals surface area (Å²) in [6.07, 6.45) is 0. The number of rotatable bonds is 5. The number of fused-ring (bicyclic) bond motifs is 1. The van der Waals surface area contributed by atoms with E-state index in [0.717, 1.165) is 22.2 Å². The van der Waals surface area contributed by atoms with Crippen LogP contribution in [-0.2, 0) is 6.54 Å². The molecule has 0 radical (unpaired) electrons. The van der Waals surface area contributed by atoms with E-state index < -0.39 is 5.97 Å². The third-order valence-electron chi connectivity index (χ3n) is 4.74. The molecular formula is C24H18NO3+. The fourth-order valence-corrected chi connectivity index (χ4v) is 3.36. The van der Waals surface area contributed by atoms with Gasteiger partial charge in [0.05, 0.1) is 5.56 Å². The van der Waals surface area contributed by atoms with Gasteiger partial charge in [0.15, 0.2) is 0 Å². The Morgan fingerprint density at radius 3 is 2.25 bits per heavy atom. The number of aromatic nitrogens is 1. The Balaban J connectivity index is 1.87. The molecule has 0 aliphatic heterocycles. The summed E-state index contributed by atoms with van der Waals surface area (Å²) in [7, 11) is 0. The summed E-state index contributed by atoms with van der Waals surface area (Å²) in [5.41, 5.74) is 3.34. The highest BCUT2D eigenvalue weighted by molar-refractivity contribution is 5.95. The summed E-state index contributed by atoms with van der Waals surface area (Å²) in [6.45, 7) is 0.165. The minimum Gasteiger partial charge on any atom is -0.478 e. The van der Waals surface area contributed by atoms with E-state index in [1.165, 1.54) is 0 Å². The lowest BCUT2D eigenvalue weighted by atomic mass is 10.0. The molecule has 0 atom stereocenters. The van der Waals surface area contributed by atoms with Crippen LogP contribution in [0.5, 0.6) is 0 Å². The van der Waals surface area contributed by atoms with E-state index in [4.69, 9.17) is 0 Å². The molecule has 0 fully saturated rings. The number of pyridine rings is 1. The summed E-state index contributed by atoms with van der Waals surface area (Å²) in [6, 6.07) is 27.7. The van der Waals surface area contributed by atoms with Gasteiger partial charge in [-0.1, -0.05) is 48.5 Å². The van der Waals surface area contributed by atoms with Gasteiger partial charge in [-0.3, -0.25) is 4.79 Å². The molecule has 0 bridgehead atoms. The number of nitrogens with zero attached hydrogens (tertiary/aromatic N) is 1. The van der Waals surface area contributed by atoms with Gasteiger partial charge in [0.2, 0.25) is 23.5 Å². The largest absolute Gasteiger partial charge is 0.478 e. The fraction of sp³-hybridized carbons (Fsp3) is 0.0417. The maximum absolute atomic E-state index is 12.9. The third-order valence-corrected chi connectivity index (χ3v) is 4.74. The highest BCUT2D eigenvalue weighted by atomic mass is 16.4. The van der Waals surface area contributed by atoms with Gasteiger partial charge in [-0.2, -0.15) is 4.57 Å². The van der Waals surface area contributed by atoms with Gasteiger partial charge < -0.3 is 5.11 Å². The zero-order chi connectivity index (χ0) is 19.5. The molecule has 4 rings (SSSR count). The van der Waals surface area contributed by atoms with Crippen LogP contribution < -0.4 is 4.57 Å². The molecule has 4 nitrogen and oxygen atoms in total. The normalized spacial score (nSPS) is 10.7. The van der Waals surface area contributed by atoms with E-state index in [2.05, 4.69) is 0 Å². The Labute approximate surface area is 162 Å². The van der Waals surface area contributed by atoms with Crippen LogP contribution in [0.2, 0.25) is 0 Å². The topological polar surface area (TPSA) is 58.2 Å². The van der Waals surface area contributed by atoms with E-state index in [1.54, 1.807) is 30.3 Å². The maximum atomic E-state index is 12.9. The van der Waals surface area contributed by atoms with Gasteiger partial charge in [-0.15, -0.1) is 0 Å². The number of para-hydroxylation sites is 1. The predicted molar refractivity (Wildman–Crippen MR) is 107 cm³/mol. The maximum Gasteiger partial charge on any atom is 0.335 e. The first-order valence-electron chi connectivity index (χ1n) is 8.97. The quantitative estimate of drug-likeness (QED) is 0.420. The fourth-order valence-electron chi connectivity index (χ4n) is 3.36. The van der Waals surface area contributed by atoms with Gasteiger partial charge in [-0.25, -0.2) is 4.79 Å². The van der Waals surface area contributed by atoms with E-state index in [0.29, 0.717) is 5.56 Å². The molecule has 0 saturated carbocycles. The van der Waals surface area contributed by atoms with Crippen LogP contribution in [0.4, 0.5) is 0 Å². The third kappa shape index (κ3) is 3.40. The molecule has 1 N–H and O–H groups in total. The Morgan fingerprint density at radius 2 is 1.46 bits per heavy atom. The van der Waals surface area contributed by atoms with Crippen molar-refractivity contribution in [3.63, 3.8) is 0 Å². The van der Waals surface area contributed by atoms with Gasteiger partial charge in [0.1, 0.15) is 0 Å². The van der Waals surface area contributed by atoms with Crippen LogP contribution in [0.1, 0.15) is 20.7 Å². The van der Waals surface area contributed by atoms with Crippen molar-refractivity contribution in [2.24, 2.45) is 0 Å². The number of carbonyl (C=O) groups excluding carboxylic acids is 1. The van der Waals surface area contributed by atoms with E-state index in [-0.39, 0.29) is 17.9 Å². The number of carboxylic acid groups (broad SMARTS) is 1. The second-order valence-electron chi connectivity index (χ2n) is 6.54. The molecule has 0 aliphatic carbocycles. The van der Waals surface area contributed by atoms with Crippen LogP contribution in [0.3, 0.4) is 0 Å². The SMILES string of the molecule is O=C(O)c1cccc(-c2ccc3ccccc3[n+]2CC(=O)c2ccccc2)c1. The Bertz CT molecular complexity index is 1180. The molecule has 0 spiro atoms. The van der Waals surface area contributed by atoms with Crippen molar-refractivity contribution in [2.45, 2.75) is 6.54 Å². The Kier molecular flexibility index (Phi) is 4.68. The molecular weight excluding hydrogens is 350 g/mol. The zero-order valence-electron chi connectivity index (χ0n) is 15.1. The lowest BCUT2D eigenvalue weighted by Crippen LogP contribution is -2.41. The summed E-state index contributed by atoms with van der Waals surface area (Å²) in [5, 5.41) is 10.3. The van der Waals surface area contributed by atoms with Crippen molar-refractivity contribution in [2.75, 3.05) is 0 Å². The summed E-state index contributed by atoms with van der Waals surface area (Å²) in [4.78, 5) is 24.3. The van der Waals surface area contributed by atoms with E-state index in [1.807, 2.05) is 65.2 Å². The van der Waals surface area contributed by atoms with Crippen LogP contribution in [-0.4, -0.2) is 16.9 Å². The number of carboxylic acids is 1. The van der Waals surface area contributed by atoms with Gasteiger partial charge >= 0.3 is 5.97 Å². The predicted octanol–water partition coefficient (Wildman–Crippen LogP) is 4.38. The minimum atomic E-state index is -0.977. The van der Waals surface area contributed by atoms with E-state index in [9.17, 15) is 14.7 Å². The molecule has 0 saturated heterocycles.